The van der Waals surface area contributed by atoms with Gasteiger partial charge in [-0.1, -0.05) is 0 Å². The van der Waals surface area contributed by atoms with Gasteiger partial charge < -0.3 is 15.3 Å². The first-order valence-electron chi connectivity index (χ1n) is 9.82. The Labute approximate surface area is 171 Å². The molecule has 30 heavy (non-hydrogen) atoms. The maximum atomic E-state index is 14.0. The lowest BCUT2D eigenvalue weighted by Crippen LogP contribution is -2.28. The number of nitrogens with one attached hydrogen (secondary N) is 3. The number of aliphatic hydroxyl groups excluding tert-OH is 1. The van der Waals surface area contributed by atoms with E-state index in [1.54, 1.807) is 23.4 Å². The molecule has 3 aromatic heterocycles. The molecule has 0 atom stereocenters. The third-order valence-corrected chi connectivity index (χ3v) is 5.14. The molecule has 10 heteroatoms. The van der Waals surface area contributed by atoms with Gasteiger partial charge >= 0.3 is 0 Å². The highest BCUT2D eigenvalue weighted by Gasteiger charge is 2.25. The Balaban J connectivity index is 1.39. The van der Waals surface area contributed by atoms with Gasteiger partial charge in [0.05, 0.1) is 18.3 Å². The number of aromatic nitrogens is 6. The van der Waals surface area contributed by atoms with E-state index < -0.39 is 0 Å². The van der Waals surface area contributed by atoms with Gasteiger partial charge in [-0.2, -0.15) is 15.2 Å². The minimum Gasteiger partial charge on any atom is -0.395 e. The van der Waals surface area contributed by atoms with E-state index in [1.807, 2.05) is 6.07 Å². The van der Waals surface area contributed by atoms with E-state index in [0.29, 0.717) is 42.1 Å². The Bertz CT molecular complexity index is 1170. The minimum absolute atomic E-state index is 0.0883. The second-order valence-electron chi connectivity index (χ2n) is 7.39. The van der Waals surface area contributed by atoms with Crippen LogP contribution in [0.2, 0.25) is 0 Å². The van der Waals surface area contributed by atoms with Crippen molar-refractivity contribution >= 4 is 28.5 Å². The summed E-state index contributed by atoms with van der Waals surface area (Å²) in [5.74, 6) is 1.94. The van der Waals surface area contributed by atoms with Crippen LogP contribution in [0.15, 0.2) is 36.7 Å². The average molecular weight is 408 g/mol. The number of hydrogen-bond donors (Lipinski definition) is 4. The Morgan fingerprint density at radius 1 is 1.20 bits per heavy atom. The summed E-state index contributed by atoms with van der Waals surface area (Å²) in [5, 5.41) is 27.7. The number of nitrogens with zero attached hydrogens (tertiary/aromatic N) is 5. The largest absolute Gasteiger partial charge is 0.395 e. The molecule has 1 aromatic carbocycles. The number of hydrogen-bond acceptors (Lipinski definition) is 7. The van der Waals surface area contributed by atoms with Crippen LogP contribution in [0, 0.1) is 5.82 Å². The average Bonchev–Trinajstić information content (AvgIpc) is 3.30. The number of aliphatic hydroxyl groups is 1. The van der Waals surface area contributed by atoms with Crippen molar-refractivity contribution in [2.45, 2.75) is 25.3 Å². The van der Waals surface area contributed by atoms with Crippen LogP contribution in [0.4, 0.5) is 22.0 Å². The molecule has 4 N–H and O–H groups in total. The lowest BCUT2D eigenvalue weighted by molar-refractivity contribution is 0.301. The van der Waals surface area contributed by atoms with Crippen LogP contribution >= 0.6 is 0 Å². The molecule has 154 valence electrons. The molecule has 1 saturated carbocycles. The van der Waals surface area contributed by atoms with Gasteiger partial charge in [-0.05, 0) is 36.6 Å². The molecule has 1 aliphatic rings. The van der Waals surface area contributed by atoms with E-state index in [2.05, 4.69) is 35.7 Å². The quantitative estimate of drug-likeness (QED) is 0.354. The van der Waals surface area contributed by atoms with Crippen LogP contribution in [-0.2, 0) is 6.54 Å². The first-order chi connectivity index (χ1) is 14.7. The molecule has 0 aliphatic heterocycles. The molecular formula is C20H21FN8O. The molecule has 0 bridgehead atoms. The summed E-state index contributed by atoms with van der Waals surface area (Å²) in [7, 11) is 0. The van der Waals surface area contributed by atoms with E-state index in [1.165, 1.54) is 25.0 Å². The number of H-pyrrole nitrogens is 2. The van der Waals surface area contributed by atoms with E-state index in [9.17, 15) is 9.50 Å². The zero-order valence-electron chi connectivity index (χ0n) is 16.1. The summed E-state index contributed by atoms with van der Waals surface area (Å²) in [6, 6.07) is 6.62. The van der Waals surface area contributed by atoms with Crippen molar-refractivity contribution in [1.29, 1.82) is 0 Å². The maximum absolute atomic E-state index is 14.0. The summed E-state index contributed by atoms with van der Waals surface area (Å²) in [5.41, 5.74) is 2.48. The molecule has 0 spiro atoms. The van der Waals surface area contributed by atoms with Crippen molar-refractivity contribution in [3.8, 4) is 0 Å². The Morgan fingerprint density at radius 3 is 2.93 bits per heavy atom. The van der Waals surface area contributed by atoms with E-state index in [4.69, 9.17) is 0 Å². The first kappa shape index (κ1) is 18.5. The number of benzene rings is 1. The summed E-state index contributed by atoms with van der Waals surface area (Å²) >= 11 is 0. The second-order valence-corrected chi connectivity index (χ2v) is 7.39. The molecular weight excluding hydrogens is 387 g/mol. The number of fused-ring (bicyclic) bond motifs is 1. The van der Waals surface area contributed by atoms with Gasteiger partial charge in [0.2, 0.25) is 5.95 Å². The normalized spacial score (nSPS) is 13.7. The molecule has 1 aliphatic carbocycles. The first-order valence-corrected chi connectivity index (χ1v) is 9.82. The standard InChI is InChI=1S/C20H21FN8O/c21-14-7-13(15-10-23-26-17(15)8-14)11-29(5-6-30)20-22-4-3-18(25-20)24-19-9-16(27-28-19)12-1-2-12/h3-4,7-10,12,30H,1-2,5-6,11H2,(H,23,26)(H2,22,24,25,27,28). The second kappa shape index (κ2) is 7.71. The smallest absolute Gasteiger partial charge is 0.227 e. The van der Waals surface area contributed by atoms with E-state index in [0.717, 1.165) is 16.6 Å². The molecule has 0 radical (unpaired) electrons. The molecule has 4 aromatic rings. The van der Waals surface area contributed by atoms with Gasteiger partial charge in [0.1, 0.15) is 11.6 Å². The third-order valence-electron chi connectivity index (χ3n) is 5.14. The monoisotopic (exact) mass is 408 g/mol. The van der Waals surface area contributed by atoms with Crippen molar-refractivity contribution in [1.82, 2.24) is 30.4 Å². The van der Waals surface area contributed by atoms with Crippen molar-refractivity contribution in [2.24, 2.45) is 0 Å². The molecule has 3 heterocycles. The molecule has 5 rings (SSSR count). The predicted octanol–water partition coefficient (Wildman–Crippen LogP) is 2.83. The highest BCUT2D eigenvalue weighted by molar-refractivity contribution is 5.82. The van der Waals surface area contributed by atoms with Crippen LogP contribution in [0.3, 0.4) is 0 Å². The highest BCUT2D eigenvalue weighted by Crippen LogP contribution is 2.39. The Kier molecular flexibility index (Phi) is 4.75. The van der Waals surface area contributed by atoms with Crippen molar-refractivity contribution in [3.05, 3.63) is 53.7 Å². The van der Waals surface area contributed by atoms with Crippen LogP contribution in [0.1, 0.15) is 30.0 Å². The minimum atomic E-state index is -0.355. The van der Waals surface area contributed by atoms with Crippen LogP contribution in [-0.4, -0.2) is 48.6 Å². The molecule has 0 unspecified atom stereocenters. The van der Waals surface area contributed by atoms with E-state index >= 15 is 0 Å². The van der Waals surface area contributed by atoms with Crippen LogP contribution < -0.4 is 10.2 Å². The van der Waals surface area contributed by atoms with Crippen molar-refractivity contribution < 1.29 is 9.50 Å². The molecule has 0 amide bonds. The zero-order chi connectivity index (χ0) is 20.5. The fourth-order valence-corrected chi connectivity index (χ4v) is 3.50. The van der Waals surface area contributed by atoms with Gasteiger partial charge in [0.25, 0.3) is 0 Å². The van der Waals surface area contributed by atoms with Gasteiger partial charge in [0, 0.05) is 42.4 Å². The van der Waals surface area contributed by atoms with Gasteiger partial charge in [-0.15, -0.1) is 0 Å². The lowest BCUT2D eigenvalue weighted by atomic mass is 10.1. The number of anilines is 3. The van der Waals surface area contributed by atoms with Gasteiger partial charge in [-0.25, -0.2) is 9.37 Å². The predicted molar refractivity (Wildman–Crippen MR) is 110 cm³/mol. The van der Waals surface area contributed by atoms with Crippen LogP contribution in [0.5, 0.6) is 0 Å². The van der Waals surface area contributed by atoms with Crippen LogP contribution in [0.25, 0.3) is 10.9 Å². The topological polar surface area (TPSA) is 119 Å². The summed E-state index contributed by atoms with van der Waals surface area (Å²) in [6.45, 7) is 0.536. The third kappa shape index (κ3) is 3.81. The Morgan fingerprint density at radius 2 is 2.10 bits per heavy atom. The molecule has 1 fully saturated rings. The zero-order valence-corrected chi connectivity index (χ0v) is 16.1. The number of aromatic amines is 2. The summed E-state index contributed by atoms with van der Waals surface area (Å²) in [6.07, 6.45) is 5.69. The lowest BCUT2D eigenvalue weighted by Gasteiger charge is -2.22. The van der Waals surface area contributed by atoms with Crippen molar-refractivity contribution in [2.75, 3.05) is 23.4 Å². The summed E-state index contributed by atoms with van der Waals surface area (Å²) < 4.78 is 14.0. The van der Waals surface area contributed by atoms with E-state index in [-0.39, 0.29) is 12.4 Å². The molecule has 0 saturated heterocycles. The summed E-state index contributed by atoms with van der Waals surface area (Å²) in [4.78, 5) is 10.7. The fraction of sp³-hybridized carbons (Fsp3) is 0.300. The van der Waals surface area contributed by atoms with Gasteiger partial charge in [-0.3, -0.25) is 10.2 Å². The SMILES string of the molecule is OCCN(Cc1cc(F)cc2[nH]ncc12)c1nccc(Nc2cc(C3CC3)[nH]n2)n1. The van der Waals surface area contributed by atoms with Crippen molar-refractivity contribution in [3.63, 3.8) is 0 Å². The van der Waals surface area contributed by atoms with Gasteiger partial charge in [0.15, 0.2) is 5.82 Å². The highest BCUT2D eigenvalue weighted by atomic mass is 19.1. The number of halogens is 1. The Hall–Kier alpha value is -3.53. The maximum Gasteiger partial charge on any atom is 0.227 e. The fourth-order valence-electron chi connectivity index (χ4n) is 3.50. The molecule has 9 nitrogen and oxygen atoms in total. The number of rotatable bonds is 8.